The van der Waals surface area contributed by atoms with E-state index in [0.29, 0.717) is 6.54 Å². The molecule has 0 aliphatic rings. The maximum atomic E-state index is 4.26. The summed E-state index contributed by atoms with van der Waals surface area (Å²) < 4.78 is 1.85. The lowest BCUT2D eigenvalue weighted by Crippen LogP contribution is -2.36. The van der Waals surface area contributed by atoms with Crippen molar-refractivity contribution in [2.45, 2.75) is 13.1 Å². The lowest BCUT2D eigenvalue weighted by molar-refractivity contribution is 0.812. The fourth-order valence-electron chi connectivity index (χ4n) is 2.22. The second-order valence-electron chi connectivity index (χ2n) is 4.98. The predicted octanol–water partition coefficient (Wildman–Crippen LogP) is 3.42. The second kappa shape index (κ2) is 9.43. The van der Waals surface area contributed by atoms with E-state index in [9.17, 15) is 0 Å². The van der Waals surface area contributed by atoms with Crippen molar-refractivity contribution in [1.29, 1.82) is 0 Å². The van der Waals surface area contributed by atoms with Crippen LogP contribution in [0.25, 0.3) is 5.69 Å². The Morgan fingerprint density at radius 3 is 2.75 bits per heavy atom. The number of thiophene rings is 1. The van der Waals surface area contributed by atoms with Crippen molar-refractivity contribution in [3.05, 3.63) is 70.7 Å². The van der Waals surface area contributed by atoms with Gasteiger partial charge in [-0.2, -0.15) is 5.10 Å². The van der Waals surface area contributed by atoms with E-state index in [1.807, 2.05) is 29.1 Å². The van der Waals surface area contributed by atoms with Crippen LogP contribution in [0.4, 0.5) is 0 Å². The van der Waals surface area contributed by atoms with Gasteiger partial charge in [0.2, 0.25) is 0 Å². The Labute approximate surface area is 162 Å². The zero-order valence-electron chi connectivity index (χ0n) is 13.3. The van der Waals surface area contributed by atoms with Gasteiger partial charge in [-0.3, -0.25) is 4.99 Å². The van der Waals surface area contributed by atoms with Crippen LogP contribution in [0.3, 0.4) is 0 Å². The summed E-state index contributed by atoms with van der Waals surface area (Å²) in [4.78, 5) is 5.54. The summed E-state index contributed by atoms with van der Waals surface area (Å²) in [5.74, 6) is 0.794. The van der Waals surface area contributed by atoms with Gasteiger partial charge in [0.1, 0.15) is 0 Å². The van der Waals surface area contributed by atoms with Gasteiger partial charge in [0.05, 0.1) is 12.2 Å². The number of rotatable bonds is 5. The third kappa shape index (κ3) is 5.07. The van der Waals surface area contributed by atoms with Crippen molar-refractivity contribution in [3.8, 4) is 5.69 Å². The van der Waals surface area contributed by atoms with Gasteiger partial charge in [-0.15, -0.1) is 35.3 Å². The molecule has 0 saturated heterocycles. The SMILES string of the molecule is CN=C(NCc1cccc(-n2cccn2)c1)NCc1cccs1.I. The Hall–Kier alpha value is -1.87. The molecule has 0 aliphatic carbocycles. The van der Waals surface area contributed by atoms with Crippen LogP contribution in [-0.4, -0.2) is 22.8 Å². The van der Waals surface area contributed by atoms with E-state index in [1.165, 1.54) is 10.4 Å². The number of hydrogen-bond acceptors (Lipinski definition) is 3. The summed E-state index contributed by atoms with van der Waals surface area (Å²) in [6.45, 7) is 1.49. The summed E-state index contributed by atoms with van der Waals surface area (Å²) in [5, 5.41) is 13.0. The first kappa shape index (κ1) is 18.5. The number of nitrogens with one attached hydrogen (secondary N) is 2. The van der Waals surface area contributed by atoms with E-state index in [0.717, 1.165) is 18.2 Å². The monoisotopic (exact) mass is 453 g/mol. The molecule has 0 spiro atoms. The molecular formula is C17H20IN5S. The summed E-state index contributed by atoms with van der Waals surface area (Å²) in [7, 11) is 1.78. The van der Waals surface area contributed by atoms with E-state index in [1.54, 1.807) is 24.6 Å². The van der Waals surface area contributed by atoms with Gasteiger partial charge < -0.3 is 10.6 Å². The topological polar surface area (TPSA) is 54.2 Å². The van der Waals surface area contributed by atoms with Crippen molar-refractivity contribution >= 4 is 41.3 Å². The van der Waals surface area contributed by atoms with E-state index in [2.05, 4.69) is 50.4 Å². The Kier molecular flexibility index (Phi) is 7.26. The number of hydrogen-bond donors (Lipinski definition) is 2. The highest BCUT2D eigenvalue weighted by atomic mass is 127. The van der Waals surface area contributed by atoms with Crippen molar-refractivity contribution in [3.63, 3.8) is 0 Å². The van der Waals surface area contributed by atoms with Crippen LogP contribution in [0.5, 0.6) is 0 Å². The minimum atomic E-state index is 0. The van der Waals surface area contributed by atoms with Gasteiger partial charge >= 0.3 is 0 Å². The molecule has 2 N–H and O–H groups in total. The minimum absolute atomic E-state index is 0. The standard InChI is InChI=1S/C17H19N5S.HI/c1-18-17(20-13-16-7-3-10-23-16)19-12-14-5-2-6-15(11-14)22-9-4-8-21-22;/h2-11H,12-13H2,1H3,(H2,18,19,20);1H. The van der Waals surface area contributed by atoms with Crippen LogP contribution in [0, 0.1) is 0 Å². The molecule has 3 rings (SSSR count). The molecular weight excluding hydrogens is 433 g/mol. The van der Waals surface area contributed by atoms with Crippen LogP contribution in [0.15, 0.2) is 65.2 Å². The Bertz CT molecular complexity index is 753. The average molecular weight is 453 g/mol. The number of benzene rings is 1. The number of halogens is 1. The van der Waals surface area contributed by atoms with Gasteiger partial charge in [0.15, 0.2) is 5.96 Å². The first-order valence-electron chi connectivity index (χ1n) is 7.41. The quantitative estimate of drug-likeness (QED) is 0.354. The fourth-order valence-corrected chi connectivity index (χ4v) is 2.87. The van der Waals surface area contributed by atoms with E-state index >= 15 is 0 Å². The Morgan fingerprint density at radius 1 is 1.17 bits per heavy atom. The number of aliphatic imine (C=N–C) groups is 1. The van der Waals surface area contributed by atoms with E-state index in [-0.39, 0.29) is 24.0 Å². The number of aromatic nitrogens is 2. The Morgan fingerprint density at radius 2 is 2.04 bits per heavy atom. The van der Waals surface area contributed by atoms with Crippen molar-refractivity contribution in [1.82, 2.24) is 20.4 Å². The maximum absolute atomic E-state index is 4.26. The van der Waals surface area contributed by atoms with Gasteiger partial charge in [0, 0.05) is 30.9 Å². The van der Waals surface area contributed by atoms with Crippen LogP contribution in [0.2, 0.25) is 0 Å². The van der Waals surface area contributed by atoms with Crippen LogP contribution < -0.4 is 10.6 Å². The lowest BCUT2D eigenvalue weighted by Gasteiger charge is -2.12. The van der Waals surface area contributed by atoms with Gasteiger partial charge in [-0.1, -0.05) is 18.2 Å². The molecule has 0 saturated carbocycles. The van der Waals surface area contributed by atoms with Crippen molar-refractivity contribution < 1.29 is 0 Å². The van der Waals surface area contributed by atoms with Crippen LogP contribution >= 0.6 is 35.3 Å². The van der Waals surface area contributed by atoms with Gasteiger partial charge in [-0.05, 0) is 35.2 Å². The molecule has 2 heterocycles. The molecule has 0 aliphatic heterocycles. The van der Waals surface area contributed by atoms with Crippen molar-refractivity contribution in [2.24, 2.45) is 4.99 Å². The van der Waals surface area contributed by atoms with Gasteiger partial charge in [0.25, 0.3) is 0 Å². The third-order valence-electron chi connectivity index (χ3n) is 3.37. The highest BCUT2D eigenvalue weighted by Crippen LogP contribution is 2.10. The zero-order valence-corrected chi connectivity index (χ0v) is 16.5. The largest absolute Gasteiger partial charge is 0.352 e. The normalized spacial score (nSPS) is 11.0. The average Bonchev–Trinajstić information content (AvgIpc) is 3.29. The molecule has 0 amide bonds. The molecule has 0 radical (unpaired) electrons. The molecule has 7 heteroatoms. The first-order valence-corrected chi connectivity index (χ1v) is 8.29. The lowest BCUT2D eigenvalue weighted by atomic mass is 10.2. The summed E-state index contributed by atoms with van der Waals surface area (Å²) in [6, 6.07) is 14.4. The molecule has 126 valence electrons. The number of nitrogens with zero attached hydrogens (tertiary/aromatic N) is 3. The molecule has 24 heavy (non-hydrogen) atoms. The molecule has 5 nitrogen and oxygen atoms in total. The Balaban J connectivity index is 0.00000208. The van der Waals surface area contributed by atoms with Crippen LogP contribution in [-0.2, 0) is 13.1 Å². The fraction of sp³-hybridized carbons (Fsp3) is 0.176. The molecule has 1 aromatic carbocycles. The van der Waals surface area contributed by atoms with E-state index < -0.39 is 0 Å². The maximum Gasteiger partial charge on any atom is 0.191 e. The summed E-state index contributed by atoms with van der Waals surface area (Å²) in [5.41, 5.74) is 2.23. The zero-order chi connectivity index (χ0) is 15.9. The summed E-state index contributed by atoms with van der Waals surface area (Å²) in [6.07, 6.45) is 3.72. The van der Waals surface area contributed by atoms with E-state index in [4.69, 9.17) is 0 Å². The highest BCUT2D eigenvalue weighted by molar-refractivity contribution is 14.0. The second-order valence-corrected chi connectivity index (χ2v) is 6.01. The van der Waals surface area contributed by atoms with Crippen LogP contribution in [0.1, 0.15) is 10.4 Å². The number of guanidine groups is 1. The smallest absolute Gasteiger partial charge is 0.191 e. The summed E-state index contributed by atoms with van der Waals surface area (Å²) >= 11 is 1.74. The van der Waals surface area contributed by atoms with Crippen molar-refractivity contribution in [2.75, 3.05) is 7.05 Å². The molecule has 0 bridgehead atoms. The predicted molar refractivity (Wildman–Crippen MR) is 110 cm³/mol. The third-order valence-corrected chi connectivity index (χ3v) is 4.25. The minimum Gasteiger partial charge on any atom is -0.352 e. The highest BCUT2D eigenvalue weighted by Gasteiger charge is 2.01. The molecule has 0 fully saturated rings. The molecule has 2 aromatic heterocycles. The molecule has 0 unspecified atom stereocenters. The molecule has 3 aromatic rings. The molecule has 0 atom stereocenters. The first-order chi connectivity index (χ1) is 11.3. The van der Waals surface area contributed by atoms with Gasteiger partial charge in [-0.25, -0.2) is 4.68 Å².